The van der Waals surface area contributed by atoms with Crippen LogP contribution in [-0.2, 0) is 13.1 Å². The van der Waals surface area contributed by atoms with Gasteiger partial charge in [-0.1, -0.05) is 12.1 Å². The molecular formula is C24H33N5O3. The minimum Gasteiger partial charge on any atom is -0.493 e. The quantitative estimate of drug-likeness (QED) is 0.286. The molecule has 0 aliphatic rings. The predicted octanol–water partition coefficient (Wildman–Crippen LogP) is 3.52. The lowest BCUT2D eigenvalue weighted by Gasteiger charge is -2.14. The van der Waals surface area contributed by atoms with Gasteiger partial charge in [-0.2, -0.15) is 0 Å². The van der Waals surface area contributed by atoms with Crippen LogP contribution in [0, 0.1) is 6.92 Å². The summed E-state index contributed by atoms with van der Waals surface area (Å²) in [5.74, 6) is 3.63. The summed E-state index contributed by atoms with van der Waals surface area (Å²) in [5.41, 5.74) is 3.18. The molecular weight excluding hydrogens is 406 g/mol. The fourth-order valence-electron chi connectivity index (χ4n) is 3.66. The number of aromatic nitrogens is 2. The van der Waals surface area contributed by atoms with Crippen LogP contribution in [-0.4, -0.2) is 49.9 Å². The number of aryl methyl sites for hydroxylation is 2. The maximum atomic E-state index is 5.44. The molecule has 1 aromatic heterocycles. The zero-order valence-electron chi connectivity index (χ0n) is 19.6. The summed E-state index contributed by atoms with van der Waals surface area (Å²) >= 11 is 0. The number of fused-ring (bicyclic) bond motifs is 1. The number of hydrogen-bond acceptors (Lipinski definition) is 5. The Hall–Kier alpha value is -3.42. The normalized spacial score (nSPS) is 11.5. The molecule has 8 nitrogen and oxygen atoms in total. The highest BCUT2D eigenvalue weighted by Gasteiger charge is 2.13. The van der Waals surface area contributed by atoms with E-state index in [0.29, 0.717) is 23.8 Å². The minimum atomic E-state index is 0.483. The minimum absolute atomic E-state index is 0.483. The van der Waals surface area contributed by atoms with Gasteiger partial charge in [-0.15, -0.1) is 0 Å². The van der Waals surface area contributed by atoms with Crippen LogP contribution in [0.25, 0.3) is 11.0 Å². The molecule has 8 heteroatoms. The molecule has 0 amide bonds. The summed E-state index contributed by atoms with van der Waals surface area (Å²) in [5, 5.41) is 6.72. The van der Waals surface area contributed by atoms with Gasteiger partial charge in [-0.05, 0) is 50.1 Å². The second kappa shape index (κ2) is 11.3. The van der Waals surface area contributed by atoms with Crippen LogP contribution in [0.1, 0.15) is 24.7 Å². The molecule has 0 aliphatic heterocycles. The Morgan fingerprint density at radius 2 is 1.75 bits per heavy atom. The molecule has 172 valence electrons. The maximum Gasteiger partial charge on any atom is 0.203 e. The van der Waals surface area contributed by atoms with E-state index in [1.54, 1.807) is 21.3 Å². The van der Waals surface area contributed by atoms with Crippen LogP contribution < -0.4 is 24.8 Å². The smallest absolute Gasteiger partial charge is 0.203 e. The summed E-state index contributed by atoms with van der Waals surface area (Å²) in [7, 11) is 4.82. The Kier molecular flexibility index (Phi) is 8.19. The van der Waals surface area contributed by atoms with Crippen molar-refractivity contribution in [3.8, 4) is 17.2 Å². The molecule has 2 aromatic carbocycles. The number of rotatable bonds is 10. The topological polar surface area (TPSA) is 81.9 Å². The molecule has 0 fully saturated rings. The summed E-state index contributed by atoms with van der Waals surface area (Å²) in [4.78, 5) is 9.35. The Morgan fingerprint density at radius 1 is 1.03 bits per heavy atom. The highest BCUT2D eigenvalue weighted by Crippen LogP contribution is 2.38. The first-order valence-electron chi connectivity index (χ1n) is 10.8. The van der Waals surface area contributed by atoms with Crippen LogP contribution in [0.15, 0.2) is 41.4 Å². The van der Waals surface area contributed by atoms with Crippen molar-refractivity contribution in [3.63, 3.8) is 0 Å². The molecule has 0 saturated heterocycles. The zero-order chi connectivity index (χ0) is 22.9. The number of nitrogens with one attached hydrogen (secondary N) is 2. The fourth-order valence-corrected chi connectivity index (χ4v) is 3.66. The van der Waals surface area contributed by atoms with Crippen molar-refractivity contribution in [1.29, 1.82) is 0 Å². The lowest BCUT2D eigenvalue weighted by Crippen LogP contribution is -2.38. The first-order chi connectivity index (χ1) is 15.6. The third-order valence-corrected chi connectivity index (χ3v) is 5.18. The van der Waals surface area contributed by atoms with Gasteiger partial charge >= 0.3 is 0 Å². The lowest BCUT2D eigenvalue weighted by molar-refractivity contribution is 0.324. The first kappa shape index (κ1) is 23.2. The molecule has 0 atom stereocenters. The van der Waals surface area contributed by atoms with Gasteiger partial charge in [0.15, 0.2) is 17.5 Å². The maximum absolute atomic E-state index is 5.44. The highest BCUT2D eigenvalue weighted by atomic mass is 16.5. The van der Waals surface area contributed by atoms with E-state index in [9.17, 15) is 0 Å². The Bertz CT molecular complexity index is 1040. The van der Waals surface area contributed by atoms with Crippen LogP contribution in [0.4, 0.5) is 0 Å². The number of imidazole rings is 1. The zero-order valence-corrected chi connectivity index (χ0v) is 19.6. The largest absolute Gasteiger partial charge is 0.493 e. The van der Waals surface area contributed by atoms with E-state index in [1.807, 2.05) is 18.2 Å². The monoisotopic (exact) mass is 439 g/mol. The molecule has 0 saturated carbocycles. The number of nitrogens with zero attached hydrogens (tertiary/aromatic N) is 3. The molecule has 2 N–H and O–H groups in total. The van der Waals surface area contributed by atoms with Crippen molar-refractivity contribution in [3.05, 3.63) is 47.8 Å². The van der Waals surface area contributed by atoms with Gasteiger partial charge in [0.2, 0.25) is 5.75 Å². The summed E-state index contributed by atoms with van der Waals surface area (Å²) < 4.78 is 18.5. The lowest BCUT2D eigenvalue weighted by atomic mass is 10.2. The predicted molar refractivity (Wildman–Crippen MR) is 128 cm³/mol. The van der Waals surface area contributed by atoms with Gasteiger partial charge in [0.25, 0.3) is 0 Å². The van der Waals surface area contributed by atoms with Gasteiger partial charge in [-0.3, -0.25) is 0 Å². The van der Waals surface area contributed by atoms with Crippen molar-refractivity contribution in [1.82, 2.24) is 20.2 Å². The number of hydrogen-bond donors (Lipinski definition) is 2. The molecule has 0 aliphatic carbocycles. The molecule has 3 aromatic rings. The van der Waals surface area contributed by atoms with Gasteiger partial charge in [0, 0.05) is 19.6 Å². The van der Waals surface area contributed by atoms with Gasteiger partial charge in [0.1, 0.15) is 5.82 Å². The van der Waals surface area contributed by atoms with E-state index < -0.39 is 0 Å². The van der Waals surface area contributed by atoms with Crippen molar-refractivity contribution in [2.75, 3.05) is 34.4 Å². The van der Waals surface area contributed by atoms with E-state index in [0.717, 1.165) is 48.9 Å². The average Bonchev–Trinajstić information content (AvgIpc) is 3.14. The Morgan fingerprint density at radius 3 is 2.41 bits per heavy atom. The van der Waals surface area contributed by atoms with Crippen LogP contribution in [0.2, 0.25) is 0 Å². The molecule has 0 radical (unpaired) electrons. The number of ether oxygens (including phenoxy) is 3. The van der Waals surface area contributed by atoms with E-state index in [-0.39, 0.29) is 0 Å². The number of methoxy groups -OCH3 is 3. The first-order valence-corrected chi connectivity index (χ1v) is 10.8. The van der Waals surface area contributed by atoms with E-state index in [1.165, 1.54) is 5.52 Å². The van der Waals surface area contributed by atoms with Gasteiger partial charge in [-0.25, -0.2) is 9.98 Å². The highest BCUT2D eigenvalue weighted by molar-refractivity contribution is 5.79. The summed E-state index contributed by atoms with van der Waals surface area (Å²) in [6.45, 7) is 7.07. The fraction of sp³-hybridized carbons (Fsp3) is 0.417. The standard InChI is InChI=1S/C24H33N5O3/c1-6-25-24(27-16-18-14-21(30-3)23(32-5)22(15-18)31-4)26-12-9-13-29-17(2)28-19-10-7-8-11-20(19)29/h7-8,10-11,14-15H,6,9,12-13,16H2,1-5H3,(H2,25,26,27). The summed E-state index contributed by atoms with van der Waals surface area (Å²) in [6.07, 6.45) is 0.954. The summed E-state index contributed by atoms with van der Waals surface area (Å²) in [6, 6.07) is 12.1. The third kappa shape index (κ3) is 5.43. The molecule has 1 heterocycles. The SMILES string of the molecule is CCNC(=NCc1cc(OC)c(OC)c(OC)c1)NCCCn1c(C)nc2ccccc21. The van der Waals surface area contributed by atoms with Crippen molar-refractivity contribution in [2.45, 2.75) is 33.4 Å². The second-order valence-corrected chi connectivity index (χ2v) is 7.31. The number of para-hydroxylation sites is 2. The van der Waals surface area contributed by atoms with Crippen molar-refractivity contribution >= 4 is 17.0 Å². The van der Waals surface area contributed by atoms with Gasteiger partial charge < -0.3 is 29.4 Å². The third-order valence-electron chi connectivity index (χ3n) is 5.18. The number of aliphatic imine (C=N–C) groups is 1. The van der Waals surface area contributed by atoms with Crippen molar-refractivity contribution in [2.24, 2.45) is 4.99 Å². The molecule has 0 spiro atoms. The Labute approximate surface area is 189 Å². The number of benzene rings is 2. The van der Waals surface area contributed by atoms with E-state index in [2.05, 4.69) is 52.2 Å². The van der Waals surface area contributed by atoms with Crippen LogP contribution in [0.5, 0.6) is 17.2 Å². The molecule has 32 heavy (non-hydrogen) atoms. The van der Waals surface area contributed by atoms with Crippen LogP contribution in [0.3, 0.4) is 0 Å². The van der Waals surface area contributed by atoms with Crippen molar-refractivity contribution < 1.29 is 14.2 Å². The molecule has 0 bridgehead atoms. The average molecular weight is 440 g/mol. The molecule has 3 rings (SSSR count). The van der Waals surface area contributed by atoms with E-state index in [4.69, 9.17) is 19.2 Å². The second-order valence-electron chi connectivity index (χ2n) is 7.31. The Balaban J connectivity index is 1.62. The molecule has 0 unspecified atom stereocenters. The van der Waals surface area contributed by atoms with Crippen LogP contribution >= 0.6 is 0 Å². The van der Waals surface area contributed by atoms with E-state index >= 15 is 0 Å². The number of guanidine groups is 1. The van der Waals surface area contributed by atoms with Gasteiger partial charge in [0.05, 0.1) is 38.9 Å².